The number of carbonyl (C=O) groups excluding carboxylic acids is 2. The van der Waals surface area contributed by atoms with Crippen LogP contribution in [0.4, 0.5) is 0 Å². The summed E-state index contributed by atoms with van der Waals surface area (Å²) in [6, 6.07) is 0. The SMILES string of the molecule is O=CC(=O)CCC(=O)O. The maximum Gasteiger partial charge on any atom is 0.303 e. The molecule has 0 aliphatic carbocycles. The predicted molar refractivity (Wildman–Crippen MR) is 27.9 cm³/mol. The van der Waals surface area contributed by atoms with Crippen molar-refractivity contribution in [3.05, 3.63) is 0 Å². The molecular weight excluding hydrogens is 124 g/mol. The monoisotopic (exact) mass is 130 g/mol. The van der Waals surface area contributed by atoms with Crippen LogP contribution in [0, 0.1) is 0 Å². The average molecular weight is 130 g/mol. The molecule has 1 N–H and O–H groups in total. The Labute approximate surface area is 51.5 Å². The maximum atomic E-state index is 10.1. The molecule has 0 fully saturated rings. The number of rotatable bonds is 4. The Kier molecular flexibility index (Phi) is 3.27. The fraction of sp³-hybridized carbons (Fsp3) is 0.400. The molecule has 0 aromatic carbocycles. The summed E-state index contributed by atoms with van der Waals surface area (Å²) in [5.74, 6) is -1.73. The molecule has 0 saturated carbocycles. The fourth-order valence-electron chi connectivity index (χ4n) is 0.289. The first-order valence-electron chi connectivity index (χ1n) is 2.36. The van der Waals surface area contributed by atoms with Gasteiger partial charge in [0.2, 0.25) is 0 Å². The van der Waals surface area contributed by atoms with Crippen molar-refractivity contribution >= 4 is 18.0 Å². The first-order chi connectivity index (χ1) is 4.16. The smallest absolute Gasteiger partial charge is 0.303 e. The summed E-state index contributed by atoms with van der Waals surface area (Å²) in [7, 11) is 0. The Morgan fingerprint density at radius 2 is 1.89 bits per heavy atom. The highest BCUT2D eigenvalue weighted by molar-refractivity contribution is 6.25. The number of hydrogen-bond acceptors (Lipinski definition) is 3. The van der Waals surface area contributed by atoms with Crippen molar-refractivity contribution in [3.8, 4) is 0 Å². The van der Waals surface area contributed by atoms with Gasteiger partial charge in [-0.15, -0.1) is 0 Å². The molecule has 0 atom stereocenters. The van der Waals surface area contributed by atoms with Gasteiger partial charge in [-0.2, -0.15) is 0 Å². The molecule has 0 saturated heterocycles. The Morgan fingerprint density at radius 1 is 1.33 bits per heavy atom. The molecule has 0 amide bonds. The lowest BCUT2D eigenvalue weighted by atomic mass is 10.2. The molecule has 4 nitrogen and oxygen atoms in total. The van der Waals surface area contributed by atoms with Gasteiger partial charge in [0.1, 0.15) is 0 Å². The van der Waals surface area contributed by atoms with Gasteiger partial charge in [0.05, 0.1) is 6.42 Å². The van der Waals surface area contributed by atoms with Gasteiger partial charge in [-0.05, 0) is 0 Å². The van der Waals surface area contributed by atoms with Crippen LogP contribution in [0.15, 0.2) is 0 Å². The van der Waals surface area contributed by atoms with Gasteiger partial charge in [0.15, 0.2) is 12.1 Å². The molecule has 0 unspecified atom stereocenters. The summed E-state index contributed by atoms with van der Waals surface area (Å²) >= 11 is 0. The second-order valence-corrected chi connectivity index (χ2v) is 1.48. The first-order valence-corrected chi connectivity index (χ1v) is 2.36. The minimum absolute atomic E-state index is 0.128. The van der Waals surface area contributed by atoms with Crippen molar-refractivity contribution in [2.24, 2.45) is 0 Å². The van der Waals surface area contributed by atoms with Crippen LogP contribution in [0.1, 0.15) is 12.8 Å². The second-order valence-electron chi connectivity index (χ2n) is 1.48. The minimum Gasteiger partial charge on any atom is -0.481 e. The van der Waals surface area contributed by atoms with E-state index in [1.165, 1.54) is 0 Å². The number of Topliss-reactive ketones (excluding diaryl/α,β-unsaturated/α-hetero) is 1. The van der Waals surface area contributed by atoms with Gasteiger partial charge in [0.25, 0.3) is 0 Å². The van der Waals surface area contributed by atoms with Gasteiger partial charge >= 0.3 is 5.97 Å². The number of aliphatic carboxylic acids is 1. The van der Waals surface area contributed by atoms with E-state index >= 15 is 0 Å². The summed E-state index contributed by atoms with van der Waals surface area (Å²) in [6.45, 7) is 0. The molecule has 0 aliphatic heterocycles. The zero-order valence-electron chi connectivity index (χ0n) is 4.66. The molecular formula is C5H6O4. The summed E-state index contributed by atoms with van der Waals surface area (Å²) in [5.41, 5.74) is 0. The third-order valence-corrected chi connectivity index (χ3v) is 0.717. The van der Waals surface area contributed by atoms with Crippen LogP contribution < -0.4 is 0 Å². The van der Waals surface area contributed by atoms with Crippen molar-refractivity contribution in [2.75, 3.05) is 0 Å². The summed E-state index contributed by atoms with van der Waals surface area (Å²) in [5, 5.41) is 7.99. The minimum atomic E-state index is -1.06. The lowest BCUT2D eigenvalue weighted by molar-refractivity contribution is -0.139. The van der Waals surface area contributed by atoms with E-state index in [2.05, 4.69) is 0 Å². The van der Waals surface area contributed by atoms with Crippen molar-refractivity contribution < 1.29 is 19.5 Å². The van der Waals surface area contributed by atoms with E-state index in [9.17, 15) is 14.4 Å². The van der Waals surface area contributed by atoms with E-state index in [1.807, 2.05) is 0 Å². The fourth-order valence-corrected chi connectivity index (χ4v) is 0.289. The van der Waals surface area contributed by atoms with E-state index in [1.54, 1.807) is 0 Å². The molecule has 0 aromatic heterocycles. The third-order valence-electron chi connectivity index (χ3n) is 0.717. The van der Waals surface area contributed by atoms with Gasteiger partial charge < -0.3 is 5.11 Å². The third kappa shape index (κ3) is 4.67. The predicted octanol–water partition coefficient (Wildman–Crippen LogP) is -0.381. The molecule has 50 valence electrons. The maximum absolute atomic E-state index is 10.1. The lowest BCUT2D eigenvalue weighted by Crippen LogP contribution is -2.03. The van der Waals surface area contributed by atoms with E-state index in [0.29, 0.717) is 0 Å². The summed E-state index contributed by atoms with van der Waals surface area (Å²) in [4.78, 5) is 29.4. The number of ketones is 1. The van der Waals surface area contributed by atoms with Gasteiger partial charge in [-0.25, -0.2) is 0 Å². The molecule has 0 radical (unpaired) electrons. The van der Waals surface area contributed by atoms with Crippen LogP contribution in [0.2, 0.25) is 0 Å². The zero-order chi connectivity index (χ0) is 7.28. The molecule has 0 aromatic rings. The zero-order valence-corrected chi connectivity index (χ0v) is 4.66. The lowest BCUT2D eigenvalue weighted by Gasteiger charge is -1.85. The van der Waals surface area contributed by atoms with Crippen LogP contribution in [0.5, 0.6) is 0 Å². The molecule has 0 rings (SSSR count). The molecule has 0 aliphatic rings. The highest BCUT2D eigenvalue weighted by Gasteiger charge is 2.02. The largest absolute Gasteiger partial charge is 0.481 e. The average Bonchev–Trinajstić information content (AvgIpc) is 1.83. The second kappa shape index (κ2) is 3.77. The molecule has 0 heterocycles. The normalized spacial score (nSPS) is 8.44. The van der Waals surface area contributed by atoms with Crippen molar-refractivity contribution in [1.82, 2.24) is 0 Å². The van der Waals surface area contributed by atoms with E-state index < -0.39 is 11.8 Å². The van der Waals surface area contributed by atoms with Crippen LogP contribution in [-0.4, -0.2) is 23.1 Å². The Balaban J connectivity index is 3.39. The van der Waals surface area contributed by atoms with Crippen LogP contribution >= 0.6 is 0 Å². The van der Waals surface area contributed by atoms with E-state index in [-0.39, 0.29) is 19.1 Å². The van der Waals surface area contributed by atoms with Crippen molar-refractivity contribution in [3.63, 3.8) is 0 Å². The number of carboxylic acid groups (broad SMARTS) is 1. The van der Waals surface area contributed by atoms with E-state index in [0.717, 1.165) is 0 Å². The molecule has 9 heavy (non-hydrogen) atoms. The summed E-state index contributed by atoms with van der Waals surface area (Å²) in [6.07, 6.45) is -0.334. The first kappa shape index (κ1) is 7.81. The number of hydrogen-bond donors (Lipinski definition) is 1. The van der Waals surface area contributed by atoms with Crippen LogP contribution in [0.3, 0.4) is 0 Å². The quantitative estimate of drug-likeness (QED) is 0.416. The van der Waals surface area contributed by atoms with Gasteiger partial charge in [-0.1, -0.05) is 0 Å². The molecule has 4 heteroatoms. The van der Waals surface area contributed by atoms with Crippen LogP contribution in [-0.2, 0) is 14.4 Å². The standard InChI is InChI=1S/C5H6O4/c6-3-4(7)1-2-5(8)9/h3H,1-2H2,(H,8,9). The molecule has 0 bridgehead atoms. The Morgan fingerprint density at radius 3 is 2.22 bits per heavy atom. The van der Waals surface area contributed by atoms with Crippen LogP contribution in [0.25, 0.3) is 0 Å². The highest BCUT2D eigenvalue weighted by Crippen LogP contribution is 1.87. The molecule has 0 spiro atoms. The topological polar surface area (TPSA) is 71.4 Å². The number of carbonyl (C=O) groups is 3. The Bertz CT molecular complexity index is 138. The van der Waals surface area contributed by atoms with E-state index in [4.69, 9.17) is 5.11 Å². The number of carboxylic acids is 1. The van der Waals surface area contributed by atoms with Gasteiger partial charge in [-0.3, -0.25) is 14.4 Å². The van der Waals surface area contributed by atoms with Crippen molar-refractivity contribution in [2.45, 2.75) is 12.8 Å². The highest BCUT2D eigenvalue weighted by atomic mass is 16.4. The van der Waals surface area contributed by atoms with Gasteiger partial charge in [0, 0.05) is 6.42 Å². The van der Waals surface area contributed by atoms with Crippen molar-refractivity contribution in [1.29, 1.82) is 0 Å². The summed E-state index contributed by atoms with van der Waals surface area (Å²) < 4.78 is 0. The number of aldehydes is 1. The Hall–Kier alpha value is -1.19.